The number of carbonyl (C=O) groups excluding carboxylic acids is 2. The lowest BCUT2D eigenvalue weighted by molar-refractivity contribution is -0.132. The van der Waals surface area contributed by atoms with Gasteiger partial charge in [-0.2, -0.15) is 5.10 Å². The second kappa shape index (κ2) is 8.90. The summed E-state index contributed by atoms with van der Waals surface area (Å²) in [5.41, 5.74) is 3.31. The summed E-state index contributed by atoms with van der Waals surface area (Å²) in [7, 11) is 0. The third-order valence-corrected chi connectivity index (χ3v) is 5.23. The highest BCUT2D eigenvalue weighted by Gasteiger charge is 2.20. The van der Waals surface area contributed by atoms with E-state index in [0.717, 1.165) is 13.0 Å². The van der Waals surface area contributed by atoms with Crippen LogP contribution >= 0.6 is 0 Å². The van der Waals surface area contributed by atoms with Crippen molar-refractivity contribution in [2.24, 2.45) is 0 Å². The number of nitrogens with one attached hydrogen (secondary N) is 1. The number of aromatic nitrogens is 2. The third kappa shape index (κ3) is 4.56. The summed E-state index contributed by atoms with van der Waals surface area (Å²) in [4.78, 5) is 26.6. The Morgan fingerprint density at radius 3 is 2.73 bits per heavy atom. The van der Waals surface area contributed by atoms with Crippen LogP contribution < -0.4 is 5.32 Å². The van der Waals surface area contributed by atoms with Crippen LogP contribution in [0.4, 0.5) is 4.39 Å². The second-order valence-corrected chi connectivity index (χ2v) is 7.32. The lowest BCUT2D eigenvalue weighted by Crippen LogP contribution is -2.36. The van der Waals surface area contributed by atoms with E-state index in [2.05, 4.69) is 22.5 Å². The van der Waals surface area contributed by atoms with Crippen molar-refractivity contribution in [2.45, 2.75) is 25.8 Å². The zero-order valence-electron chi connectivity index (χ0n) is 16.6. The molecular weight excluding hydrogens is 383 g/mol. The van der Waals surface area contributed by atoms with Gasteiger partial charge >= 0.3 is 0 Å². The molecule has 0 atom stereocenters. The van der Waals surface area contributed by atoms with Gasteiger partial charge in [0.2, 0.25) is 5.91 Å². The number of benzene rings is 2. The molecule has 1 aliphatic heterocycles. The van der Waals surface area contributed by atoms with Gasteiger partial charge in [-0.3, -0.25) is 9.59 Å². The minimum absolute atomic E-state index is 0.106. The molecule has 0 fully saturated rings. The summed E-state index contributed by atoms with van der Waals surface area (Å²) in [6, 6.07) is 15.8. The van der Waals surface area contributed by atoms with Gasteiger partial charge in [0, 0.05) is 32.3 Å². The maximum Gasteiger partial charge on any atom is 0.271 e. The van der Waals surface area contributed by atoms with Crippen LogP contribution in [-0.2, 0) is 17.8 Å². The quantitative estimate of drug-likeness (QED) is 0.640. The van der Waals surface area contributed by atoms with E-state index in [0.29, 0.717) is 31.6 Å². The van der Waals surface area contributed by atoms with Crippen LogP contribution in [0.15, 0.2) is 60.8 Å². The molecule has 0 aliphatic carbocycles. The molecule has 154 valence electrons. The largest absolute Gasteiger partial charge is 0.351 e. The molecular formula is C23H23FN4O2. The number of carbonyl (C=O) groups is 2. The fourth-order valence-electron chi connectivity index (χ4n) is 3.61. The summed E-state index contributed by atoms with van der Waals surface area (Å²) >= 11 is 0. The normalized spacial score (nSPS) is 13.0. The fourth-order valence-corrected chi connectivity index (χ4v) is 3.61. The standard InChI is InChI=1S/C23H23FN4O2/c24-19-7-3-8-20(15-19)28-14-11-21(26-28)23(30)25-12-4-9-22(29)27-13-10-17-5-1-2-6-18(17)16-27/h1-3,5-8,11,14-15H,4,9-10,12-13,16H2,(H,25,30). The van der Waals surface area contributed by atoms with Gasteiger partial charge in [0.15, 0.2) is 5.69 Å². The van der Waals surface area contributed by atoms with E-state index in [4.69, 9.17) is 0 Å². The number of fused-ring (bicyclic) bond motifs is 1. The molecule has 3 aromatic rings. The van der Waals surface area contributed by atoms with Crippen LogP contribution in [0.1, 0.15) is 34.5 Å². The number of hydrogen-bond donors (Lipinski definition) is 1. The Kier molecular flexibility index (Phi) is 5.88. The van der Waals surface area contributed by atoms with E-state index in [9.17, 15) is 14.0 Å². The average Bonchev–Trinajstić information content (AvgIpc) is 3.26. The van der Waals surface area contributed by atoms with Crippen molar-refractivity contribution in [2.75, 3.05) is 13.1 Å². The molecule has 1 aliphatic rings. The molecule has 2 amide bonds. The van der Waals surface area contributed by atoms with E-state index in [1.54, 1.807) is 24.4 Å². The van der Waals surface area contributed by atoms with Crippen molar-refractivity contribution >= 4 is 11.8 Å². The monoisotopic (exact) mass is 406 g/mol. The molecule has 30 heavy (non-hydrogen) atoms. The number of nitrogens with zero attached hydrogens (tertiary/aromatic N) is 3. The zero-order valence-corrected chi connectivity index (χ0v) is 16.6. The topological polar surface area (TPSA) is 67.2 Å². The van der Waals surface area contributed by atoms with Crippen LogP contribution in [0.5, 0.6) is 0 Å². The highest BCUT2D eigenvalue weighted by Crippen LogP contribution is 2.19. The maximum atomic E-state index is 13.3. The Bertz CT molecular complexity index is 1060. The number of hydrogen-bond acceptors (Lipinski definition) is 3. The van der Waals surface area contributed by atoms with E-state index < -0.39 is 0 Å². The van der Waals surface area contributed by atoms with Crippen molar-refractivity contribution in [3.05, 3.63) is 83.4 Å². The van der Waals surface area contributed by atoms with Crippen molar-refractivity contribution in [3.8, 4) is 5.69 Å². The van der Waals surface area contributed by atoms with Gasteiger partial charge in [0.25, 0.3) is 5.91 Å². The molecule has 7 heteroatoms. The van der Waals surface area contributed by atoms with Crippen LogP contribution in [-0.4, -0.2) is 39.6 Å². The molecule has 6 nitrogen and oxygen atoms in total. The molecule has 0 saturated heterocycles. The molecule has 0 spiro atoms. The molecule has 1 N–H and O–H groups in total. The minimum atomic E-state index is -0.365. The Labute approximate surface area is 174 Å². The summed E-state index contributed by atoms with van der Waals surface area (Å²) in [5.74, 6) is -0.575. The van der Waals surface area contributed by atoms with Gasteiger partial charge < -0.3 is 10.2 Å². The van der Waals surface area contributed by atoms with Crippen molar-refractivity contribution in [1.29, 1.82) is 0 Å². The molecule has 1 aromatic heterocycles. The average molecular weight is 406 g/mol. The Hall–Kier alpha value is -3.48. The smallest absolute Gasteiger partial charge is 0.271 e. The molecule has 2 heterocycles. The van der Waals surface area contributed by atoms with Crippen molar-refractivity contribution in [1.82, 2.24) is 20.0 Å². The van der Waals surface area contributed by atoms with E-state index >= 15 is 0 Å². The molecule has 0 radical (unpaired) electrons. The van der Waals surface area contributed by atoms with Gasteiger partial charge in [-0.05, 0) is 48.2 Å². The first-order valence-corrected chi connectivity index (χ1v) is 10.0. The number of amides is 2. The van der Waals surface area contributed by atoms with Crippen LogP contribution in [0.25, 0.3) is 5.69 Å². The van der Waals surface area contributed by atoms with Crippen molar-refractivity contribution < 1.29 is 14.0 Å². The molecule has 0 saturated carbocycles. The highest BCUT2D eigenvalue weighted by atomic mass is 19.1. The highest BCUT2D eigenvalue weighted by molar-refractivity contribution is 5.92. The summed E-state index contributed by atoms with van der Waals surface area (Å²) in [6.07, 6.45) is 3.45. The Morgan fingerprint density at radius 1 is 1.07 bits per heavy atom. The van der Waals surface area contributed by atoms with Crippen molar-refractivity contribution in [3.63, 3.8) is 0 Å². The predicted molar refractivity (Wildman–Crippen MR) is 111 cm³/mol. The Morgan fingerprint density at radius 2 is 1.90 bits per heavy atom. The Balaban J connectivity index is 1.23. The minimum Gasteiger partial charge on any atom is -0.351 e. The molecule has 4 rings (SSSR count). The first kappa shape index (κ1) is 19.8. The van der Waals surface area contributed by atoms with E-state index in [-0.39, 0.29) is 23.3 Å². The van der Waals surface area contributed by atoms with E-state index in [1.165, 1.54) is 27.9 Å². The molecule has 0 bridgehead atoms. The molecule has 2 aromatic carbocycles. The predicted octanol–water partition coefficient (Wildman–Crippen LogP) is 3.11. The summed E-state index contributed by atoms with van der Waals surface area (Å²) in [6.45, 7) is 1.78. The van der Waals surface area contributed by atoms with Gasteiger partial charge in [-0.25, -0.2) is 9.07 Å². The molecule has 0 unspecified atom stereocenters. The SMILES string of the molecule is O=C(NCCCC(=O)N1CCc2ccccc2C1)c1ccn(-c2cccc(F)c2)n1. The summed E-state index contributed by atoms with van der Waals surface area (Å²) in [5, 5.41) is 6.98. The zero-order chi connectivity index (χ0) is 20.9. The third-order valence-electron chi connectivity index (χ3n) is 5.23. The van der Waals surface area contributed by atoms with Gasteiger partial charge in [0.1, 0.15) is 5.82 Å². The van der Waals surface area contributed by atoms with Gasteiger partial charge in [-0.15, -0.1) is 0 Å². The maximum absolute atomic E-state index is 13.3. The van der Waals surface area contributed by atoms with Gasteiger partial charge in [0.05, 0.1) is 5.69 Å². The first-order chi connectivity index (χ1) is 14.6. The first-order valence-electron chi connectivity index (χ1n) is 10.0. The number of rotatable bonds is 6. The lowest BCUT2D eigenvalue weighted by atomic mass is 9.99. The second-order valence-electron chi connectivity index (χ2n) is 7.32. The van der Waals surface area contributed by atoms with E-state index in [1.807, 2.05) is 17.0 Å². The fraction of sp³-hybridized carbons (Fsp3) is 0.261. The van der Waals surface area contributed by atoms with Crippen LogP contribution in [0, 0.1) is 5.82 Å². The summed E-state index contributed by atoms with van der Waals surface area (Å²) < 4.78 is 14.8. The van der Waals surface area contributed by atoms with Crippen LogP contribution in [0.3, 0.4) is 0 Å². The van der Waals surface area contributed by atoms with Gasteiger partial charge in [-0.1, -0.05) is 30.3 Å². The lowest BCUT2D eigenvalue weighted by Gasteiger charge is -2.29. The van der Waals surface area contributed by atoms with Crippen LogP contribution in [0.2, 0.25) is 0 Å². The number of halogens is 1.